The third-order valence-corrected chi connectivity index (χ3v) is 5.92. The highest BCUT2D eigenvalue weighted by molar-refractivity contribution is 5.70. The molecule has 0 radical (unpaired) electrons. The van der Waals surface area contributed by atoms with Crippen LogP contribution in [-0.2, 0) is 13.6 Å². The SMILES string of the molecule is Cn1cnc2ncn(Cc3nc([C@@H]4[C@H]5C=C(c6ccncc6)C[C@H]54)no3)c(=O)c21. The lowest BCUT2D eigenvalue weighted by Crippen LogP contribution is -2.22. The Morgan fingerprint density at radius 1 is 1.21 bits per heavy atom. The molecule has 9 heteroatoms. The largest absolute Gasteiger partial charge is 0.337 e. The maximum atomic E-state index is 12.7. The van der Waals surface area contributed by atoms with E-state index >= 15 is 0 Å². The van der Waals surface area contributed by atoms with Crippen molar-refractivity contribution in [2.75, 3.05) is 0 Å². The van der Waals surface area contributed by atoms with Crippen LogP contribution in [0.5, 0.6) is 0 Å². The fraction of sp³-hybridized carbons (Fsp3) is 0.300. The van der Waals surface area contributed by atoms with Gasteiger partial charge in [-0.25, -0.2) is 9.97 Å². The molecule has 2 aliphatic rings. The molecule has 1 fully saturated rings. The monoisotopic (exact) mass is 387 g/mol. The maximum absolute atomic E-state index is 12.7. The molecular formula is C20H17N7O2. The molecule has 0 N–H and O–H groups in total. The Morgan fingerprint density at radius 3 is 2.83 bits per heavy atom. The number of pyridine rings is 1. The number of nitrogens with zero attached hydrogens (tertiary/aromatic N) is 7. The van der Waals surface area contributed by atoms with Crippen LogP contribution >= 0.6 is 0 Å². The first-order valence-corrected chi connectivity index (χ1v) is 9.49. The second-order valence-electron chi connectivity index (χ2n) is 7.65. The fourth-order valence-corrected chi connectivity index (χ4v) is 4.39. The quantitative estimate of drug-likeness (QED) is 0.525. The lowest BCUT2D eigenvalue weighted by molar-refractivity contribution is 0.364. The van der Waals surface area contributed by atoms with E-state index < -0.39 is 0 Å². The van der Waals surface area contributed by atoms with Crippen molar-refractivity contribution in [1.82, 2.24) is 34.2 Å². The number of imidazole rings is 1. The van der Waals surface area contributed by atoms with Gasteiger partial charge in [-0.2, -0.15) is 4.98 Å². The predicted molar refractivity (Wildman–Crippen MR) is 103 cm³/mol. The molecule has 1 saturated carbocycles. The van der Waals surface area contributed by atoms with Crippen LogP contribution in [0.3, 0.4) is 0 Å². The van der Waals surface area contributed by atoms with Gasteiger partial charge in [0.15, 0.2) is 17.0 Å². The number of hydrogen-bond acceptors (Lipinski definition) is 7. The summed E-state index contributed by atoms with van der Waals surface area (Å²) in [6.07, 6.45) is 10.0. The van der Waals surface area contributed by atoms with Crippen molar-refractivity contribution in [3.8, 4) is 0 Å². The van der Waals surface area contributed by atoms with Crippen molar-refractivity contribution < 1.29 is 4.52 Å². The number of fused-ring (bicyclic) bond motifs is 2. The van der Waals surface area contributed by atoms with Crippen LogP contribution in [-0.4, -0.2) is 34.2 Å². The van der Waals surface area contributed by atoms with Crippen LogP contribution < -0.4 is 5.56 Å². The van der Waals surface area contributed by atoms with E-state index in [1.165, 1.54) is 22.0 Å². The van der Waals surface area contributed by atoms with Crippen molar-refractivity contribution in [3.63, 3.8) is 0 Å². The van der Waals surface area contributed by atoms with Crippen LogP contribution in [0, 0.1) is 11.8 Å². The summed E-state index contributed by atoms with van der Waals surface area (Å²) in [6.45, 7) is 0.195. The summed E-state index contributed by atoms with van der Waals surface area (Å²) in [5.74, 6) is 2.42. The molecule has 0 unspecified atom stereocenters. The molecule has 2 aliphatic carbocycles. The van der Waals surface area contributed by atoms with Gasteiger partial charge in [0.2, 0.25) is 5.89 Å². The Labute approximate surface area is 164 Å². The minimum absolute atomic E-state index is 0.178. The Morgan fingerprint density at radius 2 is 2.03 bits per heavy atom. The molecule has 9 nitrogen and oxygen atoms in total. The molecule has 0 spiro atoms. The van der Waals surface area contributed by atoms with Crippen LogP contribution in [0.4, 0.5) is 0 Å². The van der Waals surface area contributed by atoms with E-state index in [9.17, 15) is 4.79 Å². The first-order chi connectivity index (χ1) is 14.2. The Hall–Kier alpha value is -3.62. The molecule has 0 aromatic carbocycles. The van der Waals surface area contributed by atoms with E-state index in [-0.39, 0.29) is 12.1 Å². The summed E-state index contributed by atoms with van der Waals surface area (Å²) in [4.78, 5) is 29.6. The first kappa shape index (κ1) is 16.3. The van der Waals surface area contributed by atoms with Gasteiger partial charge in [-0.3, -0.25) is 14.3 Å². The van der Waals surface area contributed by atoms with Crippen molar-refractivity contribution in [2.45, 2.75) is 18.9 Å². The molecule has 4 heterocycles. The van der Waals surface area contributed by atoms with E-state index in [0.717, 1.165) is 12.2 Å². The second kappa shape index (κ2) is 5.94. The lowest BCUT2D eigenvalue weighted by Gasteiger charge is -2.04. The zero-order chi connectivity index (χ0) is 19.5. The van der Waals surface area contributed by atoms with Gasteiger partial charge >= 0.3 is 0 Å². The van der Waals surface area contributed by atoms with Gasteiger partial charge in [-0.05, 0) is 41.5 Å². The number of hydrogen-bond donors (Lipinski definition) is 0. The van der Waals surface area contributed by atoms with Crippen LogP contribution in [0.25, 0.3) is 16.7 Å². The van der Waals surface area contributed by atoms with E-state index in [0.29, 0.717) is 34.8 Å². The predicted octanol–water partition coefficient (Wildman–Crippen LogP) is 1.77. The smallest absolute Gasteiger partial charge is 0.280 e. The molecule has 29 heavy (non-hydrogen) atoms. The number of aryl methyl sites for hydroxylation is 1. The first-order valence-electron chi connectivity index (χ1n) is 9.49. The highest BCUT2D eigenvalue weighted by Crippen LogP contribution is 2.62. The summed E-state index contributed by atoms with van der Waals surface area (Å²) in [7, 11) is 1.77. The van der Waals surface area contributed by atoms with Crippen molar-refractivity contribution in [3.05, 3.63) is 70.9 Å². The van der Waals surface area contributed by atoms with Gasteiger partial charge in [0.05, 0.1) is 6.33 Å². The van der Waals surface area contributed by atoms with Gasteiger partial charge in [0.25, 0.3) is 5.56 Å². The molecule has 4 aromatic heterocycles. The van der Waals surface area contributed by atoms with Gasteiger partial charge in [-0.15, -0.1) is 0 Å². The van der Waals surface area contributed by atoms with E-state index in [1.54, 1.807) is 17.9 Å². The molecular weight excluding hydrogens is 370 g/mol. The minimum atomic E-state index is -0.178. The standard InChI is InChI=1S/C20H17N7O2/c1-26-9-22-19-17(26)20(28)27(10-23-19)8-15-24-18(25-29-15)16-13-6-12(7-14(13)16)11-2-4-21-5-3-11/h2-6,9-10,13-14,16H,7-8H2,1H3/t13-,14+,16+/m0/s1. The summed E-state index contributed by atoms with van der Waals surface area (Å²) in [5, 5.41) is 4.18. The lowest BCUT2D eigenvalue weighted by atomic mass is 10.0. The van der Waals surface area contributed by atoms with Gasteiger partial charge in [0.1, 0.15) is 12.9 Å². The molecule has 6 rings (SSSR count). The van der Waals surface area contributed by atoms with Gasteiger partial charge < -0.3 is 9.09 Å². The molecule has 3 atom stereocenters. The average Bonchev–Trinajstić information content (AvgIpc) is 3.16. The third-order valence-electron chi connectivity index (χ3n) is 5.92. The van der Waals surface area contributed by atoms with Gasteiger partial charge in [-0.1, -0.05) is 11.2 Å². The highest BCUT2D eigenvalue weighted by Gasteiger charge is 2.55. The summed E-state index contributed by atoms with van der Waals surface area (Å²) in [5.41, 5.74) is 3.31. The molecule has 0 amide bonds. The van der Waals surface area contributed by atoms with E-state index in [2.05, 4.69) is 31.2 Å². The summed E-state index contributed by atoms with van der Waals surface area (Å²) in [6, 6.07) is 4.09. The van der Waals surface area contributed by atoms with Crippen molar-refractivity contribution in [1.29, 1.82) is 0 Å². The highest BCUT2D eigenvalue weighted by atomic mass is 16.5. The topological polar surface area (TPSA) is 105 Å². The Bertz CT molecular complexity index is 1320. The van der Waals surface area contributed by atoms with Crippen molar-refractivity contribution >= 4 is 16.7 Å². The minimum Gasteiger partial charge on any atom is -0.337 e. The van der Waals surface area contributed by atoms with E-state index in [1.807, 2.05) is 24.5 Å². The Balaban J connectivity index is 1.22. The van der Waals surface area contributed by atoms with Crippen LogP contribution in [0.15, 0.2) is 52.6 Å². The molecule has 0 aliphatic heterocycles. The van der Waals surface area contributed by atoms with E-state index in [4.69, 9.17) is 4.52 Å². The average molecular weight is 387 g/mol. The number of aromatic nitrogens is 7. The normalized spacial score (nSPS) is 22.7. The zero-order valence-electron chi connectivity index (χ0n) is 15.6. The third kappa shape index (κ3) is 2.54. The molecule has 4 aromatic rings. The zero-order valence-corrected chi connectivity index (χ0v) is 15.6. The summed E-state index contributed by atoms with van der Waals surface area (Å²) < 4.78 is 8.56. The van der Waals surface area contributed by atoms with Gasteiger partial charge in [0, 0.05) is 25.4 Å². The van der Waals surface area contributed by atoms with Crippen LogP contribution in [0.2, 0.25) is 0 Å². The van der Waals surface area contributed by atoms with Crippen molar-refractivity contribution in [2.24, 2.45) is 18.9 Å². The molecule has 0 bridgehead atoms. The fourth-order valence-electron chi connectivity index (χ4n) is 4.39. The number of allylic oxidation sites excluding steroid dienone is 2. The molecule has 0 saturated heterocycles. The van der Waals surface area contributed by atoms with Crippen LogP contribution in [0.1, 0.15) is 29.6 Å². The maximum Gasteiger partial charge on any atom is 0.280 e. The second-order valence-corrected chi connectivity index (χ2v) is 7.65. The number of rotatable bonds is 4. The molecule has 144 valence electrons. The Kier molecular flexibility index (Phi) is 3.35. The summed E-state index contributed by atoms with van der Waals surface area (Å²) >= 11 is 0.